The van der Waals surface area contributed by atoms with E-state index in [-0.39, 0.29) is 11.7 Å². The maximum Gasteiger partial charge on any atom is 0.275 e. The lowest BCUT2D eigenvalue weighted by Gasteiger charge is -2.07. The van der Waals surface area contributed by atoms with Gasteiger partial charge in [0.25, 0.3) is 5.91 Å². The van der Waals surface area contributed by atoms with Gasteiger partial charge in [-0.2, -0.15) is 5.10 Å². The lowest BCUT2D eigenvalue weighted by Crippen LogP contribution is -2.18. The summed E-state index contributed by atoms with van der Waals surface area (Å²) in [4.78, 5) is 12.1. The van der Waals surface area contributed by atoms with Crippen molar-refractivity contribution in [2.45, 2.75) is 0 Å². The zero-order valence-electron chi connectivity index (χ0n) is 12.5. The van der Waals surface area contributed by atoms with E-state index in [0.717, 1.165) is 0 Å². The molecular formula is C16H15IN2O4. The van der Waals surface area contributed by atoms with Gasteiger partial charge in [-0.15, -0.1) is 0 Å². The quantitative estimate of drug-likeness (QED) is 0.438. The van der Waals surface area contributed by atoms with Crippen LogP contribution in [0.3, 0.4) is 0 Å². The first-order valence-corrected chi connectivity index (χ1v) is 7.67. The molecule has 2 N–H and O–H groups in total. The minimum absolute atomic E-state index is 0.0725. The molecule has 0 aliphatic heterocycles. The number of para-hydroxylation sites is 1. The maximum absolute atomic E-state index is 12.1. The summed E-state index contributed by atoms with van der Waals surface area (Å²) >= 11 is 1.99. The first-order valence-electron chi connectivity index (χ1n) is 6.59. The van der Waals surface area contributed by atoms with Crippen molar-refractivity contribution in [3.63, 3.8) is 0 Å². The number of phenols is 1. The molecule has 7 heteroatoms. The van der Waals surface area contributed by atoms with E-state index in [0.29, 0.717) is 26.2 Å². The van der Waals surface area contributed by atoms with E-state index in [2.05, 4.69) is 10.5 Å². The number of methoxy groups -OCH3 is 2. The number of nitrogens with zero attached hydrogens (tertiary/aromatic N) is 1. The maximum atomic E-state index is 12.1. The van der Waals surface area contributed by atoms with Crippen molar-refractivity contribution < 1.29 is 19.4 Å². The second-order valence-corrected chi connectivity index (χ2v) is 5.62. The van der Waals surface area contributed by atoms with Gasteiger partial charge in [-0.05, 0) is 52.4 Å². The lowest BCUT2D eigenvalue weighted by molar-refractivity contribution is 0.0952. The minimum atomic E-state index is -0.376. The molecule has 0 heterocycles. The molecule has 0 radical (unpaired) electrons. The molecule has 0 aromatic heterocycles. The average molecular weight is 426 g/mol. The van der Waals surface area contributed by atoms with Crippen LogP contribution in [0.25, 0.3) is 0 Å². The Morgan fingerprint density at radius 1 is 1.22 bits per heavy atom. The summed E-state index contributed by atoms with van der Waals surface area (Å²) in [5.41, 5.74) is 3.52. The van der Waals surface area contributed by atoms with E-state index in [4.69, 9.17) is 9.47 Å². The number of hydrogen-bond donors (Lipinski definition) is 2. The minimum Gasteiger partial charge on any atom is -0.504 e. The van der Waals surface area contributed by atoms with Crippen LogP contribution in [-0.2, 0) is 0 Å². The van der Waals surface area contributed by atoms with Gasteiger partial charge in [0.2, 0.25) is 0 Å². The van der Waals surface area contributed by atoms with Crippen molar-refractivity contribution in [1.82, 2.24) is 5.43 Å². The van der Waals surface area contributed by atoms with Crippen molar-refractivity contribution in [2.75, 3.05) is 14.2 Å². The van der Waals surface area contributed by atoms with Crippen molar-refractivity contribution in [2.24, 2.45) is 5.10 Å². The number of nitrogens with one attached hydrogen (secondary N) is 1. The molecule has 0 fully saturated rings. The van der Waals surface area contributed by atoms with E-state index in [1.807, 2.05) is 22.6 Å². The summed E-state index contributed by atoms with van der Waals surface area (Å²) < 4.78 is 10.8. The van der Waals surface area contributed by atoms with Gasteiger partial charge in [0.05, 0.1) is 29.6 Å². The third-order valence-electron chi connectivity index (χ3n) is 3.00. The molecule has 23 heavy (non-hydrogen) atoms. The predicted molar refractivity (Wildman–Crippen MR) is 95.4 cm³/mol. The molecule has 0 atom stereocenters. The number of aromatic hydroxyl groups is 1. The third-order valence-corrected chi connectivity index (χ3v) is 3.82. The Balaban J connectivity index is 2.13. The number of phenolic OH excluding ortho intramolecular Hbond substituents is 1. The number of hydrogen-bond acceptors (Lipinski definition) is 5. The van der Waals surface area contributed by atoms with Crippen LogP contribution in [0.4, 0.5) is 0 Å². The number of benzene rings is 2. The number of amides is 1. The third kappa shape index (κ3) is 4.13. The fraction of sp³-hybridized carbons (Fsp3) is 0.125. The van der Waals surface area contributed by atoms with Crippen molar-refractivity contribution in [3.05, 3.63) is 51.1 Å². The standard InChI is InChI=1S/C16H15IN2O4/c1-22-13-6-4-3-5-11(13)16(21)19-18-9-10-7-12(17)15(20)14(8-10)23-2/h3-9,20H,1-2H3,(H,19,21)/b18-9-. The molecular weight excluding hydrogens is 411 g/mol. The molecule has 1 amide bonds. The Kier molecular flexibility index (Phi) is 5.80. The molecule has 2 aromatic rings. The van der Waals surface area contributed by atoms with Crippen LogP contribution in [0.1, 0.15) is 15.9 Å². The van der Waals surface area contributed by atoms with Gasteiger partial charge in [-0.3, -0.25) is 4.79 Å². The first kappa shape index (κ1) is 17.1. The van der Waals surface area contributed by atoms with E-state index in [9.17, 15) is 9.90 Å². The largest absolute Gasteiger partial charge is 0.504 e. The van der Waals surface area contributed by atoms with E-state index < -0.39 is 0 Å². The average Bonchev–Trinajstić information content (AvgIpc) is 2.57. The monoisotopic (exact) mass is 426 g/mol. The molecule has 120 valence electrons. The smallest absolute Gasteiger partial charge is 0.275 e. The van der Waals surface area contributed by atoms with Crippen LogP contribution in [0, 0.1) is 3.57 Å². The number of hydrazone groups is 1. The number of carbonyl (C=O) groups is 1. The Morgan fingerprint density at radius 2 is 1.91 bits per heavy atom. The predicted octanol–water partition coefficient (Wildman–Crippen LogP) is 2.78. The van der Waals surface area contributed by atoms with Gasteiger partial charge >= 0.3 is 0 Å². The zero-order valence-corrected chi connectivity index (χ0v) is 14.7. The van der Waals surface area contributed by atoms with E-state index in [1.165, 1.54) is 20.4 Å². The van der Waals surface area contributed by atoms with E-state index >= 15 is 0 Å². The summed E-state index contributed by atoms with van der Waals surface area (Å²) in [6.45, 7) is 0. The molecule has 0 unspecified atom stereocenters. The molecule has 2 rings (SSSR count). The van der Waals surface area contributed by atoms with Crippen LogP contribution in [0.15, 0.2) is 41.5 Å². The van der Waals surface area contributed by atoms with Gasteiger partial charge in [0.15, 0.2) is 11.5 Å². The summed E-state index contributed by atoms with van der Waals surface area (Å²) in [6, 6.07) is 10.2. The molecule has 0 bridgehead atoms. The number of carbonyl (C=O) groups excluding carboxylic acids is 1. The molecule has 0 spiro atoms. The van der Waals surface area contributed by atoms with Crippen LogP contribution in [-0.4, -0.2) is 31.4 Å². The lowest BCUT2D eigenvalue weighted by atomic mass is 10.2. The molecule has 0 aliphatic carbocycles. The van der Waals surface area contributed by atoms with Crippen LogP contribution in [0.2, 0.25) is 0 Å². The fourth-order valence-corrected chi connectivity index (χ4v) is 2.51. The molecule has 2 aromatic carbocycles. The Morgan fingerprint density at radius 3 is 2.61 bits per heavy atom. The number of rotatable bonds is 5. The summed E-state index contributed by atoms with van der Waals surface area (Å²) in [5.74, 6) is 0.512. The molecule has 0 saturated carbocycles. The molecule has 0 saturated heterocycles. The SMILES string of the molecule is COc1ccccc1C(=O)N/N=C\c1cc(I)c(O)c(OC)c1. The highest BCUT2D eigenvalue weighted by Crippen LogP contribution is 2.31. The second-order valence-electron chi connectivity index (χ2n) is 4.45. The highest BCUT2D eigenvalue weighted by molar-refractivity contribution is 14.1. The molecule has 0 aliphatic rings. The highest BCUT2D eigenvalue weighted by atomic mass is 127. The topological polar surface area (TPSA) is 80.2 Å². The van der Waals surface area contributed by atoms with Gasteiger partial charge in [0, 0.05) is 0 Å². The summed E-state index contributed by atoms with van der Waals surface area (Å²) in [5, 5.41) is 13.7. The molecule has 6 nitrogen and oxygen atoms in total. The highest BCUT2D eigenvalue weighted by Gasteiger charge is 2.10. The van der Waals surface area contributed by atoms with Crippen LogP contribution < -0.4 is 14.9 Å². The summed E-state index contributed by atoms with van der Waals surface area (Å²) in [7, 11) is 2.97. The Bertz CT molecular complexity index is 747. The van der Waals surface area contributed by atoms with E-state index in [1.54, 1.807) is 36.4 Å². The van der Waals surface area contributed by atoms with Crippen molar-refractivity contribution >= 4 is 34.7 Å². The van der Waals surface area contributed by atoms with Gasteiger partial charge < -0.3 is 14.6 Å². The van der Waals surface area contributed by atoms with Gasteiger partial charge in [-0.1, -0.05) is 12.1 Å². The van der Waals surface area contributed by atoms with Crippen molar-refractivity contribution in [3.8, 4) is 17.2 Å². The second kappa shape index (κ2) is 7.82. The Hall–Kier alpha value is -2.29. The summed E-state index contributed by atoms with van der Waals surface area (Å²) in [6.07, 6.45) is 1.47. The number of ether oxygens (including phenoxy) is 2. The zero-order chi connectivity index (χ0) is 16.8. The van der Waals surface area contributed by atoms with Crippen LogP contribution in [0.5, 0.6) is 17.2 Å². The van der Waals surface area contributed by atoms with Gasteiger partial charge in [-0.25, -0.2) is 5.43 Å². The van der Waals surface area contributed by atoms with Crippen molar-refractivity contribution in [1.29, 1.82) is 0 Å². The number of halogens is 1. The Labute approximate surface area is 147 Å². The van der Waals surface area contributed by atoms with Crippen LogP contribution >= 0.6 is 22.6 Å². The fourth-order valence-electron chi connectivity index (χ4n) is 1.88. The van der Waals surface area contributed by atoms with Gasteiger partial charge in [0.1, 0.15) is 5.75 Å². The normalized spacial score (nSPS) is 10.6. The first-order chi connectivity index (χ1) is 11.1.